The molecule has 6 heteroatoms. The molecule has 0 radical (unpaired) electrons. The predicted molar refractivity (Wildman–Crippen MR) is 83.7 cm³/mol. The van der Waals surface area contributed by atoms with Gasteiger partial charge >= 0.3 is 0 Å². The van der Waals surface area contributed by atoms with Gasteiger partial charge in [-0.2, -0.15) is 0 Å². The second-order valence-electron chi connectivity index (χ2n) is 4.93. The number of carbonyl (C=O) groups excluding carboxylic acids is 1. The number of benzene rings is 1. The van der Waals surface area contributed by atoms with Crippen LogP contribution in [0.15, 0.2) is 24.3 Å². The average Bonchev–Trinajstić information content (AvgIpc) is 2.91. The summed E-state index contributed by atoms with van der Waals surface area (Å²) in [4.78, 5) is 18.3. The molecule has 1 aliphatic rings. The first kappa shape index (κ1) is 13.6. The van der Waals surface area contributed by atoms with Crippen LogP contribution in [-0.2, 0) is 4.79 Å². The number of aromatic nitrogens is 1. The molecule has 1 amide bonds. The second-order valence-corrected chi connectivity index (χ2v) is 6.20. The number of anilines is 1. The summed E-state index contributed by atoms with van der Waals surface area (Å²) in [5.41, 5.74) is 1.06. The zero-order chi connectivity index (χ0) is 13.9. The molecule has 4 nitrogen and oxygen atoms in total. The minimum Gasteiger partial charge on any atom is -0.352 e. The van der Waals surface area contributed by atoms with Crippen LogP contribution in [-0.4, -0.2) is 35.9 Å². The average molecular weight is 310 g/mol. The van der Waals surface area contributed by atoms with E-state index >= 15 is 0 Å². The van der Waals surface area contributed by atoms with E-state index in [0.717, 1.165) is 36.6 Å². The highest BCUT2D eigenvalue weighted by molar-refractivity contribution is 7.22. The number of piperidine rings is 1. The van der Waals surface area contributed by atoms with E-state index in [4.69, 9.17) is 11.6 Å². The molecule has 1 aromatic heterocycles. The molecule has 20 heavy (non-hydrogen) atoms. The Hall–Kier alpha value is -1.33. The van der Waals surface area contributed by atoms with E-state index in [1.165, 1.54) is 4.70 Å². The minimum atomic E-state index is -0.0786. The van der Waals surface area contributed by atoms with E-state index in [1.54, 1.807) is 11.3 Å². The van der Waals surface area contributed by atoms with Crippen LogP contribution >= 0.6 is 22.9 Å². The molecule has 0 aliphatic carbocycles. The molecule has 0 spiro atoms. The number of carbonyl (C=O) groups is 1. The quantitative estimate of drug-likeness (QED) is 0.887. The maximum absolute atomic E-state index is 11.3. The first-order valence-electron chi connectivity index (χ1n) is 6.72. The van der Waals surface area contributed by atoms with E-state index in [0.29, 0.717) is 0 Å². The van der Waals surface area contributed by atoms with Crippen molar-refractivity contribution in [3.63, 3.8) is 0 Å². The lowest BCUT2D eigenvalue weighted by molar-refractivity contribution is -0.119. The highest BCUT2D eigenvalue weighted by Gasteiger charge is 2.22. The molecule has 2 heterocycles. The molecule has 2 aromatic rings. The van der Waals surface area contributed by atoms with Crippen molar-refractivity contribution < 1.29 is 4.79 Å². The van der Waals surface area contributed by atoms with Crippen LogP contribution in [0.5, 0.6) is 0 Å². The van der Waals surface area contributed by atoms with Crippen LogP contribution in [0.2, 0.25) is 0 Å². The summed E-state index contributed by atoms with van der Waals surface area (Å²) in [6, 6.07) is 8.44. The summed E-state index contributed by atoms with van der Waals surface area (Å²) in [5, 5.41) is 4.03. The molecule has 0 saturated carbocycles. The second kappa shape index (κ2) is 5.97. The first-order chi connectivity index (χ1) is 9.76. The molecule has 3 rings (SSSR count). The monoisotopic (exact) mass is 309 g/mol. The number of rotatable bonds is 3. The fraction of sp³-hybridized carbons (Fsp3) is 0.429. The van der Waals surface area contributed by atoms with Gasteiger partial charge in [0.25, 0.3) is 0 Å². The van der Waals surface area contributed by atoms with Crippen molar-refractivity contribution in [3.8, 4) is 0 Å². The maximum Gasteiger partial charge on any atom is 0.235 e. The van der Waals surface area contributed by atoms with Gasteiger partial charge in [-0.3, -0.25) is 4.79 Å². The molecule has 1 fully saturated rings. The van der Waals surface area contributed by atoms with Crippen LogP contribution in [0.25, 0.3) is 10.2 Å². The van der Waals surface area contributed by atoms with Gasteiger partial charge in [0, 0.05) is 19.1 Å². The summed E-state index contributed by atoms with van der Waals surface area (Å²) in [5.74, 6) is -0.0388. The zero-order valence-corrected chi connectivity index (χ0v) is 12.6. The highest BCUT2D eigenvalue weighted by atomic mass is 35.5. The van der Waals surface area contributed by atoms with Crippen molar-refractivity contribution in [2.45, 2.75) is 18.9 Å². The number of hydrogen-bond donors (Lipinski definition) is 1. The lowest BCUT2D eigenvalue weighted by Gasteiger charge is -2.32. The summed E-state index contributed by atoms with van der Waals surface area (Å²) in [6.45, 7) is 1.85. The molecule has 106 valence electrons. The number of halogens is 1. The number of nitrogens with zero attached hydrogens (tertiary/aromatic N) is 2. The van der Waals surface area contributed by atoms with Crippen molar-refractivity contribution in [3.05, 3.63) is 24.3 Å². The summed E-state index contributed by atoms with van der Waals surface area (Å²) >= 11 is 7.24. The van der Waals surface area contributed by atoms with E-state index in [2.05, 4.69) is 21.3 Å². The van der Waals surface area contributed by atoms with Gasteiger partial charge in [0.2, 0.25) is 5.91 Å². The summed E-state index contributed by atoms with van der Waals surface area (Å²) in [7, 11) is 0. The van der Waals surface area contributed by atoms with Crippen molar-refractivity contribution in [2.24, 2.45) is 0 Å². The normalized spacial score (nSPS) is 16.6. The third kappa shape index (κ3) is 2.88. The van der Waals surface area contributed by atoms with Crippen LogP contribution in [0.4, 0.5) is 5.13 Å². The Morgan fingerprint density at radius 2 is 2.15 bits per heavy atom. The van der Waals surface area contributed by atoms with Gasteiger partial charge < -0.3 is 10.2 Å². The Morgan fingerprint density at radius 3 is 2.85 bits per heavy atom. The van der Waals surface area contributed by atoms with E-state index in [-0.39, 0.29) is 17.8 Å². The first-order valence-corrected chi connectivity index (χ1v) is 8.07. The van der Waals surface area contributed by atoms with Crippen LogP contribution in [0.1, 0.15) is 12.8 Å². The Morgan fingerprint density at radius 1 is 1.40 bits per heavy atom. The molecule has 1 saturated heterocycles. The summed E-state index contributed by atoms with van der Waals surface area (Å²) in [6.07, 6.45) is 1.89. The largest absolute Gasteiger partial charge is 0.352 e. The summed E-state index contributed by atoms with van der Waals surface area (Å²) < 4.78 is 1.22. The van der Waals surface area contributed by atoms with Crippen molar-refractivity contribution >= 4 is 44.2 Å². The number of thiazole rings is 1. The molecule has 1 aromatic carbocycles. The fourth-order valence-corrected chi connectivity index (χ4v) is 3.57. The SMILES string of the molecule is O=C(CCl)NC1CCN(c2nc3ccccc3s2)CC1. The molecule has 1 N–H and O–H groups in total. The van der Waals surface area contributed by atoms with Crippen molar-refractivity contribution in [2.75, 3.05) is 23.9 Å². The van der Waals surface area contributed by atoms with Crippen LogP contribution in [0, 0.1) is 0 Å². The van der Waals surface area contributed by atoms with Gasteiger partial charge in [-0.1, -0.05) is 23.5 Å². The fourth-order valence-electron chi connectivity index (χ4n) is 2.48. The van der Waals surface area contributed by atoms with Gasteiger partial charge in [-0.15, -0.1) is 11.6 Å². The highest BCUT2D eigenvalue weighted by Crippen LogP contribution is 2.30. The van der Waals surface area contributed by atoms with Gasteiger partial charge in [0.15, 0.2) is 5.13 Å². The molecule has 1 aliphatic heterocycles. The molecule has 0 bridgehead atoms. The number of nitrogens with one attached hydrogen (secondary N) is 1. The van der Waals surface area contributed by atoms with Crippen molar-refractivity contribution in [1.29, 1.82) is 0 Å². The number of fused-ring (bicyclic) bond motifs is 1. The number of alkyl halides is 1. The predicted octanol–water partition coefficient (Wildman–Crippen LogP) is 2.62. The zero-order valence-electron chi connectivity index (χ0n) is 11.0. The van der Waals surface area contributed by atoms with Gasteiger partial charge in [-0.05, 0) is 25.0 Å². The third-order valence-corrected chi connectivity index (χ3v) is 4.87. The van der Waals surface area contributed by atoms with E-state index < -0.39 is 0 Å². The van der Waals surface area contributed by atoms with Crippen LogP contribution in [0.3, 0.4) is 0 Å². The minimum absolute atomic E-state index is 0.0398. The molecular formula is C14H16ClN3OS. The Labute approximate surface area is 126 Å². The van der Waals surface area contributed by atoms with E-state index in [1.807, 2.05) is 18.2 Å². The molecular weight excluding hydrogens is 294 g/mol. The third-order valence-electron chi connectivity index (χ3n) is 3.53. The standard InChI is InChI=1S/C14H16ClN3OS/c15-9-13(19)16-10-5-7-18(8-6-10)14-17-11-3-1-2-4-12(11)20-14/h1-4,10H,5-9H2,(H,16,19). The molecule has 0 unspecified atom stereocenters. The van der Waals surface area contributed by atoms with Crippen LogP contribution < -0.4 is 10.2 Å². The Balaban J connectivity index is 1.64. The van der Waals surface area contributed by atoms with Gasteiger partial charge in [-0.25, -0.2) is 4.98 Å². The molecule has 0 atom stereocenters. The van der Waals surface area contributed by atoms with Gasteiger partial charge in [0.05, 0.1) is 10.2 Å². The lowest BCUT2D eigenvalue weighted by Crippen LogP contribution is -2.45. The van der Waals surface area contributed by atoms with E-state index in [9.17, 15) is 4.79 Å². The number of amides is 1. The van der Waals surface area contributed by atoms with Gasteiger partial charge in [0.1, 0.15) is 5.88 Å². The topological polar surface area (TPSA) is 45.2 Å². The Bertz CT molecular complexity index is 574. The van der Waals surface area contributed by atoms with Crippen molar-refractivity contribution in [1.82, 2.24) is 10.3 Å². The number of hydrogen-bond acceptors (Lipinski definition) is 4. The Kier molecular flexibility index (Phi) is 4.08. The number of para-hydroxylation sites is 1. The lowest BCUT2D eigenvalue weighted by atomic mass is 10.1. The maximum atomic E-state index is 11.3. The smallest absolute Gasteiger partial charge is 0.235 e.